The minimum atomic E-state index is 0.675. The number of pyridine rings is 1. The van der Waals surface area contributed by atoms with Crippen molar-refractivity contribution in [2.45, 2.75) is 25.3 Å². The molecule has 2 fully saturated rings. The van der Waals surface area contributed by atoms with Crippen molar-refractivity contribution in [2.75, 3.05) is 31.1 Å². The number of rotatable bonds is 4. The van der Waals surface area contributed by atoms with Gasteiger partial charge in [-0.15, -0.1) is 0 Å². The van der Waals surface area contributed by atoms with Gasteiger partial charge in [-0.25, -0.2) is 9.97 Å². The fourth-order valence-electron chi connectivity index (χ4n) is 3.15. The third kappa shape index (κ3) is 3.28. The van der Waals surface area contributed by atoms with E-state index < -0.39 is 0 Å². The molecule has 0 radical (unpaired) electrons. The summed E-state index contributed by atoms with van der Waals surface area (Å²) in [5, 5.41) is 0. The zero-order valence-corrected chi connectivity index (χ0v) is 15.0. The number of piperazine rings is 1. The first-order valence-electron chi connectivity index (χ1n) is 8.30. The highest BCUT2D eigenvalue weighted by Crippen LogP contribution is 2.42. The molecule has 0 unspecified atom stereocenters. The van der Waals surface area contributed by atoms with Gasteiger partial charge in [0.1, 0.15) is 11.6 Å². The maximum Gasteiger partial charge on any atom is 0.128 e. The van der Waals surface area contributed by atoms with E-state index >= 15 is 0 Å². The van der Waals surface area contributed by atoms with Gasteiger partial charge in [0.25, 0.3) is 0 Å². The number of imidazole rings is 1. The minimum Gasteiger partial charge on any atom is -0.354 e. The molecule has 0 aromatic carbocycles. The van der Waals surface area contributed by atoms with Gasteiger partial charge in [0, 0.05) is 56.0 Å². The van der Waals surface area contributed by atoms with E-state index in [-0.39, 0.29) is 0 Å². The topological polar surface area (TPSA) is 37.2 Å². The Morgan fingerprint density at radius 2 is 1.96 bits per heavy atom. The summed E-state index contributed by atoms with van der Waals surface area (Å²) in [4.78, 5) is 14.2. The number of hydrogen-bond donors (Lipinski definition) is 0. The first-order chi connectivity index (χ1) is 11.2. The molecule has 0 spiro atoms. The largest absolute Gasteiger partial charge is 0.354 e. The fraction of sp³-hybridized carbons (Fsp3) is 0.529. The van der Waals surface area contributed by atoms with E-state index in [1.165, 1.54) is 18.5 Å². The van der Waals surface area contributed by atoms with Crippen molar-refractivity contribution in [3.8, 4) is 0 Å². The van der Waals surface area contributed by atoms with Gasteiger partial charge in [0.05, 0.1) is 12.2 Å². The van der Waals surface area contributed by atoms with Crippen molar-refractivity contribution in [1.29, 1.82) is 0 Å². The first-order valence-corrected chi connectivity index (χ1v) is 9.10. The summed E-state index contributed by atoms with van der Waals surface area (Å²) in [6, 6.07) is 4.31. The molecular weight excluding hydrogens is 354 g/mol. The van der Waals surface area contributed by atoms with Crippen LogP contribution in [-0.2, 0) is 13.6 Å². The van der Waals surface area contributed by atoms with Gasteiger partial charge in [-0.1, -0.05) is 0 Å². The number of aromatic nitrogens is 3. The fourth-order valence-corrected chi connectivity index (χ4v) is 3.69. The molecular formula is C17H22BrN5. The smallest absolute Gasteiger partial charge is 0.128 e. The average Bonchev–Trinajstić information content (AvgIpc) is 3.33. The van der Waals surface area contributed by atoms with Gasteiger partial charge in [0.2, 0.25) is 0 Å². The minimum absolute atomic E-state index is 0.675. The third-order valence-electron chi connectivity index (χ3n) is 4.80. The van der Waals surface area contributed by atoms with Crippen molar-refractivity contribution in [2.24, 2.45) is 7.05 Å². The average molecular weight is 376 g/mol. The van der Waals surface area contributed by atoms with Crippen LogP contribution in [0.25, 0.3) is 0 Å². The third-order valence-corrected chi connectivity index (χ3v) is 5.48. The van der Waals surface area contributed by atoms with E-state index in [4.69, 9.17) is 4.98 Å². The Labute approximate surface area is 145 Å². The monoisotopic (exact) mass is 375 g/mol. The molecule has 2 aromatic rings. The highest BCUT2D eigenvalue weighted by atomic mass is 79.9. The lowest BCUT2D eigenvalue weighted by atomic mass is 10.2. The van der Waals surface area contributed by atoms with Gasteiger partial charge >= 0.3 is 0 Å². The SMILES string of the molecule is Cn1ccnc1CN1CCN(c2ccc(Br)c(C3CC3)n2)CC1. The van der Waals surface area contributed by atoms with Crippen LogP contribution in [0.15, 0.2) is 29.0 Å². The maximum atomic E-state index is 4.92. The summed E-state index contributed by atoms with van der Waals surface area (Å²) >= 11 is 3.65. The summed E-state index contributed by atoms with van der Waals surface area (Å²) in [5.41, 5.74) is 1.25. The molecule has 122 valence electrons. The number of nitrogens with zero attached hydrogens (tertiary/aromatic N) is 5. The molecule has 4 rings (SSSR count). The van der Waals surface area contributed by atoms with Crippen LogP contribution in [0.5, 0.6) is 0 Å². The van der Waals surface area contributed by atoms with Crippen LogP contribution in [0, 0.1) is 0 Å². The van der Waals surface area contributed by atoms with Crippen LogP contribution in [0.3, 0.4) is 0 Å². The molecule has 1 saturated heterocycles. The van der Waals surface area contributed by atoms with Crippen LogP contribution < -0.4 is 4.90 Å². The van der Waals surface area contributed by atoms with Gasteiger partial charge in [-0.05, 0) is 40.9 Å². The number of anilines is 1. The Kier molecular flexibility index (Phi) is 4.11. The van der Waals surface area contributed by atoms with Crippen LogP contribution in [0.2, 0.25) is 0 Å². The molecule has 5 nitrogen and oxygen atoms in total. The lowest BCUT2D eigenvalue weighted by Gasteiger charge is -2.35. The highest BCUT2D eigenvalue weighted by molar-refractivity contribution is 9.10. The normalized spacial score (nSPS) is 19.3. The predicted molar refractivity (Wildman–Crippen MR) is 94.6 cm³/mol. The number of hydrogen-bond acceptors (Lipinski definition) is 4. The molecule has 1 aliphatic heterocycles. The molecule has 1 saturated carbocycles. The number of aryl methyl sites for hydroxylation is 1. The molecule has 23 heavy (non-hydrogen) atoms. The molecule has 3 heterocycles. The predicted octanol–water partition coefficient (Wildman–Crippen LogP) is 2.78. The van der Waals surface area contributed by atoms with Crippen molar-refractivity contribution in [1.82, 2.24) is 19.4 Å². The van der Waals surface area contributed by atoms with Gasteiger partial charge in [-0.2, -0.15) is 0 Å². The van der Waals surface area contributed by atoms with Crippen LogP contribution in [0.1, 0.15) is 30.3 Å². The Morgan fingerprint density at radius 3 is 2.61 bits per heavy atom. The first kappa shape index (κ1) is 15.1. The van der Waals surface area contributed by atoms with Crippen molar-refractivity contribution >= 4 is 21.7 Å². The van der Waals surface area contributed by atoms with Gasteiger partial charge in [-0.3, -0.25) is 4.90 Å². The molecule has 1 aliphatic carbocycles. The quantitative estimate of drug-likeness (QED) is 0.823. The second-order valence-corrected chi connectivity index (χ2v) is 7.38. The van der Waals surface area contributed by atoms with Crippen molar-refractivity contribution in [3.63, 3.8) is 0 Å². The molecule has 0 atom stereocenters. The van der Waals surface area contributed by atoms with E-state index in [1.807, 2.05) is 12.4 Å². The standard InChI is InChI=1S/C17H22BrN5/c1-21-7-6-19-16(21)12-22-8-10-23(11-9-22)15-5-4-14(18)17(20-15)13-2-3-13/h4-7,13H,2-3,8-12H2,1H3. The lowest BCUT2D eigenvalue weighted by Crippen LogP contribution is -2.46. The molecule has 0 N–H and O–H groups in total. The molecule has 2 aliphatic rings. The van der Waals surface area contributed by atoms with Gasteiger partial charge < -0.3 is 9.47 Å². The molecule has 6 heteroatoms. The van der Waals surface area contributed by atoms with Gasteiger partial charge in [0.15, 0.2) is 0 Å². The van der Waals surface area contributed by atoms with E-state index in [1.54, 1.807) is 0 Å². The maximum absolute atomic E-state index is 4.92. The lowest BCUT2D eigenvalue weighted by molar-refractivity contribution is 0.241. The molecule has 0 bridgehead atoms. The summed E-state index contributed by atoms with van der Waals surface area (Å²) in [6.45, 7) is 5.11. The van der Waals surface area contributed by atoms with Crippen molar-refractivity contribution in [3.05, 3.63) is 40.5 Å². The molecule has 0 amide bonds. The van der Waals surface area contributed by atoms with E-state index in [9.17, 15) is 0 Å². The zero-order chi connectivity index (χ0) is 15.8. The second-order valence-electron chi connectivity index (χ2n) is 6.53. The van der Waals surface area contributed by atoms with Crippen LogP contribution >= 0.6 is 15.9 Å². The van der Waals surface area contributed by atoms with E-state index in [0.29, 0.717) is 5.92 Å². The number of halogens is 1. The van der Waals surface area contributed by atoms with Crippen molar-refractivity contribution < 1.29 is 0 Å². The Balaban J connectivity index is 1.39. The summed E-state index contributed by atoms with van der Waals surface area (Å²) in [7, 11) is 2.06. The summed E-state index contributed by atoms with van der Waals surface area (Å²) in [5.74, 6) is 2.94. The highest BCUT2D eigenvalue weighted by Gasteiger charge is 2.28. The summed E-state index contributed by atoms with van der Waals surface area (Å²) in [6.07, 6.45) is 6.45. The molecule has 2 aromatic heterocycles. The Morgan fingerprint density at radius 1 is 1.17 bits per heavy atom. The van der Waals surface area contributed by atoms with E-state index in [0.717, 1.165) is 48.8 Å². The Hall–Kier alpha value is -1.40. The van der Waals surface area contributed by atoms with Crippen LogP contribution in [0.4, 0.5) is 5.82 Å². The second kappa shape index (κ2) is 6.24. The summed E-state index contributed by atoms with van der Waals surface area (Å²) < 4.78 is 3.27. The zero-order valence-electron chi connectivity index (χ0n) is 13.5. The Bertz CT molecular complexity index is 686. The van der Waals surface area contributed by atoms with E-state index in [2.05, 4.69) is 54.5 Å². The van der Waals surface area contributed by atoms with Crippen LogP contribution in [-0.4, -0.2) is 45.6 Å².